The lowest BCUT2D eigenvalue weighted by Crippen LogP contribution is -2.47. The molecule has 2 heterocycles. The quantitative estimate of drug-likeness (QED) is 0.230. The largest absolute Gasteiger partial charge is 0.379 e. The monoisotopic (exact) mass is 577 g/mol. The number of nitrogens with one attached hydrogen (secondary N) is 2. The second kappa shape index (κ2) is 15.1. The van der Waals surface area contributed by atoms with Crippen LogP contribution < -0.4 is 10.6 Å². The lowest BCUT2D eigenvalue weighted by Gasteiger charge is -2.34. The van der Waals surface area contributed by atoms with Crippen LogP contribution in [-0.4, -0.2) is 106 Å². The zero-order chi connectivity index (χ0) is 21.1. The molecule has 0 radical (unpaired) electrons. The van der Waals surface area contributed by atoms with Gasteiger partial charge in [-0.1, -0.05) is 13.8 Å². The highest BCUT2D eigenvalue weighted by Gasteiger charge is 2.24. The van der Waals surface area contributed by atoms with Crippen molar-refractivity contribution in [1.29, 1.82) is 0 Å². The predicted octanol–water partition coefficient (Wildman–Crippen LogP) is 1.29. The highest BCUT2D eigenvalue weighted by molar-refractivity contribution is 14.0. The maximum Gasteiger partial charge on any atom is 0.215 e. The Morgan fingerprint density at radius 2 is 1.80 bits per heavy atom. The maximum atomic E-state index is 12.5. The number of hydrogen-bond acceptors (Lipinski definition) is 6. The van der Waals surface area contributed by atoms with Crippen LogP contribution >= 0.6 is 35.7 Å². The first-order valence-corrected chi connectivity index (χ1v) is 13.6. The van der Waals surface area contributed by atoms with Crippen LogP contribution in [0.4, 0.5) is 0 Å². The number of sulfonamides is 1. The summed E-state index contributed by atoms with van der Waals surface area (Å²) >= 11 is 1.81. The molecule has 2 fully saturated rings. The predicted molar refractivity (Wildman–Crippen MR) is 138 cm³/mol. The van der Waals surface area contributed by atoms with Gasteiger partial charge in [0.05, 0.1) is 25.5 Å². The van der Waals surface area contributed by atoms with Gasteiger partial charge >= 0.3 is 0 Å². The van der Waals surface area contributed by atoms with Gasteiger partial charge in [-0.3, -0.25) is 9.89 Å². The third kappa shape index (κ3) is 10.2. The van der Waals surface area contributed by atoms with Crippen LogP contribution in [0.5, 0.6) is 0 Å². The van der Waals surface area contributed by atoms with Gasteiger partial charge < -0.3 is 15.4 Å². The van der Waals surface area contributed by atoms with E-state index in [0.717, 1.165) is 50.8 Å². The topological polar surface area (TPSA) is 86.3 Å². The fourth-order valence-electron chi connectivity index (χ4n) is 3.62. The van der Waals surface area contributed by atoms with E-state index in [9.17, 15) is 8.42 Å². The maximum absolute atomic E-state index is 12.5. The summed E-state index contributed by atoms with van der Waals surface area (Å²) in [5, 5.41) is 6.46. The Kier molecular flexibility index (Phi) is 14.2. The Morgan fingerprint density at radius 1 is 1.13 bits per heavy atom. The number of aliphatic imine (C=N–C) groups is 1. The first kappa shape index (κ1) is 28.2. The summed E-state index contributed by atoms with van der Waals surface area (Å²) in [6, 6.07) is 0.379. The molecule has 2 rings (SSSR count). The molecule has 11 heteroatoms. The smallest absolute Gasteiger partial charge is 0.215 e. The summed E-state index contributed by atoms with van der Waals surface area (Å²) in [7, 11) is -3.21. The van der Waals surface area contributed by atoms with Crippen molar-refractivity contribution in [2.45, 2.75) is 33.2 Å². The fourth-order valence-corrected chi connectivity index (χ4v) is 6.11. The molecule has 0 aliphatic carbocycles. The number of hydrogen-bond donors (Lipinski definition) is 2. The highest BCUT2D eigenvalue weighted by Crippen LogP contribution is 2.14. The van der Waals surface area contributed by atoms with Gasteiger partial charge in [0, 0.05) is 56.8 Å². The molecule has 1 atom stereocenters. The van der Waals surface area contributed by atoms with Crippen molar-refractivity contribution in [3.8, 4) is 0 Å². The lowest BCUT2D eigenvalue weighted by molar-refractivity contribution is 0.0143. The zero-order valence-electron chi connectivity index (χ0n) is 18.6. The van der Waals surface area contributed by atoms with Gasteiger partial charge in [-0.15, -0.1) is 24.0 Å². The van der Waals surface area contributed by atoms with Crippen LogP contribution in [0.15, 0.2) is 4.99 Å². The molecule has 178 valence electrons. The van der Waals surface area contributed by atoms with Gasteiger partial charge in [0.25, 0.3) is 0 Å². The first-order chi connectivity index (χ1) is 13.9. The number of guanidine groups is 1. The van der Waals surface area contributed by atoms with E-state index < -0.39 is 10.0 Å². The molecule has 0 aromatic rings. The summed E-state index contributed by atoms with van der Waals surface area (Å²) in [6.45, 7) is 13.0. The van der Waals surface area contributed by atoms with E-state index in [-0.39, 0.29) is 29.7 Å². The minimum absolute atomic E-state index is 0. The normalized spacial score (nSPS) is 20.6. The number of thioether (sulfide) groups is 1. The fraction of sp³-hybridized carbons (Fsp3) is 0.947. The molecule has 8 nitrogen and oxygen atoms in total. The van der Waals surface area contributed by atoms with Crippen LogP contribution in [0.1, 0.15) is 27.2 Å². The molecular weight excluding hydrogens is 537 g/mol. The molecule has 0 aromatic carbocycles. The minimum atomic E-state index is -3.21. The second-order valence-electron chi connectivity index (χ2n) is 7.91. The van der Waals surface area contributed by atoms with Crippen LogP contribution in [0, 0.1) is 5.92 Å². The van der Waals surface area contributed by atoms with E-state index in [0.29, 0.717) is 44.1 Å². The lowest BCUT2D eigenvalue weighted by atomic mass is 10.0. The molecule has 30 heavy (non-hydrogen) atoms. The van der Waals surface area contributed by atoms with Gasteiger partial charge in [0.2, 0.25) is 10.0 Å². The third-order valence-electron chi connectivity index (χ3n) is 5.13. The first-order valence-electron chi connectivity index (χ1n) is 10.8. The molecule has 2 aliphatic rings. The Labute approximate surface area is 204 Å². The highest BCUT2D eigenvalue weighted by atomic mass is 127. The van der Waals surface area contributed by atoms with Crippen LogP contribution in [0.3, 0.4) is 0 Å². The summed E-state index contributed by atoms with van der Waals surface area (Å²) in [6.07, 6.45) is 1.09. The van der Waals surface area contributed by atoms with Crippen LogP contribution in [-0.2, 0) is 14.8 Å². The van der Waals surface area contributed by atoms with Crippen molar-refractivity contribution < 1.29 is 13.2 Å². The third-order valence-corrected chi connectivity index (χ3v) is 7.94. The Balaban J connectivity index is 0.00000450. The minimum Gasteiger partial charge on any atom is -0.379 e. The van der Waals surface area contributed by atoms with E-state index >= 15 is 0 Å². The van der Waals surface area contributed by atoms with Gasteiger partial charge in [0.1, 0.15) is 0 Å². The number of ether oxygens (including phenoxy) is 1. The van der Waals surface area contributed by atoms with Crippen molar-refractivity contribution in [3.05, 3.63) is 0 Å². The second-order valence-corrected chi connectivity index (χ2v) is 11.2. The van der Waals surface area contributed by atoms with Gasteiger partial charge in [-0.05, 0) is 19.3 Å². The molecule has 0 spiro atoms. The number of nitrogens with zero attached hydrogens (tertiary/aromatic N) is 3. The van der Waals surface area contributed by atoms with Crippen molar-refractivity contribution in [2.75, 3.05) is 76.3 Å². The molecular formula is C19H40IN5O3S2. The molecule has 2 saturated heterocycles. The van der Waals surface area contributed by atoms with E-state index in [1.54, 1.807) is 4.31 Å². The van der Waals surface area contributed by atoms with Gasteiger partial charge in [-0.2, -0.15) is 11.8 Å². The van der Waals surface area contributed by atoms with Crippen molar-refractivity contribution in [2.24, 2.45) is 10.9 Å². The van der Waals surface area contributed by atoms with E-state index in [4.69, 9.17) is 9.73 Å². The number of halogens is 1. The van der Waals surface area contributed by atoms with Crippen molar-refractivity contribution in [3.63, 3.8) is 0 Å². The van der Waals surface area contributed by atoms with Crippen molar-refractivity contribution >= 4 is 51.7 Å². The Bertz CT molecular complexity index is 595. The standard InChI is InChI=1S/C19H39N5O3S2.HI/c1-4-20-19(21-5-14-29(25,26)24-8-12-28-13-9-24)22-16-18(15-17(2)3)23-6-10-27-11-7-23;/h17-18H,4-16H2,1-3H3,(H2,20,21,22);1H. The average molecular weight is 578 g/mol. The average Bonchev–Trinajstić information content (AvgIpc) is 2.72. The summed E-state index contributed by atoms with van der Waals surface area (Å²) in [4.78, 5) is 7.24. The van der Waals surface area contributed by atoms with Gasteiger partial charge in [0.15, 0.2) is 5.96 Å². The molecule has 2 aliphatic heterocycles. The van der Waals surface area contributed by atoms with Gasteiger partial charge in [-0.25, -0.2) is 12.7 Å². The van der Waals surface area contributed by atoms with Crippen LogP contribution in [0.25, 0.3) is 0 Å². The molecule has 1 unspecified atom stereocenters. The number of morpholine rings is 1. The summed E-state index contributed by atoms with van der Waals surface area (Å²) < 4.78 is 32.1. The molecule has 0 saturated carbocycles. The van der Waals surface area contributed by atoms with Crippen molar-refractivity contribution in [1.82, 2.24) is 19.8 Å². The van der Waals surface area contributed by atoms with E-state index in [2.05, 4.69) is 29.4 Å². The van der Waals surface area contributed by atoms with E-state index in [1.807, 2.05) is 18.7 Å². The molecule has 2 N–H and O–H groups in total. The number of rotatable bonds is 10. The molecule has 0 aromatic heterocycles. The Morgan fingerprint density at radius 3 is 2.40 bits per heavy atom. The summed E-state index contributed by atoms with van der Waals surface area (Å²) in [5.74, 6) is 3.16. The Hall–Kier alpha value is 0.180. The van der Waals surface area contributed by atoms with E-state index in [1.165, 1.54) is 0 Å². The molecule has 0 bridgehead atoms. The SMILES string of the molecule is CCNC(=NCC(CC(C)C)N1CCOCC1)NCCS(=O)(=O)N1CCSCC1.I. The molecule has 0 amide bonds. The van der Waals surface area contributed by atoms with Crippen LogP contribution in [0.2, 0.25) is 0 Å². The zero-order valence-corrected chi connectivity index (χ0v) is 22.6. The summed E-state index contributed by atoms with van der Waals surface area (Å²) in [5.41, 5.74) is 0.